The van der Waals surface area contributed by atoms with Gasteiger partial charge in [0.05, 0.1) is 0 Å². The second-order valence-electron chi connectivity index (χ2n) is 13.2. The van der Waals surface area contributed by atoms with Gasteiger partial charge in [-0.15, -0.1) is 0 Å². The first-order chi connectivity index (χ1) is 23.2. The molecule has 9 heteroatoms. The van der Waals surface area contributed by atoms with E-state index < -0.39 is 7.81 Å². The first kappa shape index (κ1) is 40.9. The molecule has 0 aliphatic heterocycles. The number of hydrogen-bond acceptors (Lipinski definition) is 1. The summed E-state index contributed by atoms with van der Waals surface area (Å²) in [5.74, 6) is 0.688. The molecule has 0 saturated carbocycles. The third-order valence-corrected chi connectivity index (χ3v) is 9.38. The summed E-state index contributed by atoms with van der Waals surface area (Å²) in [6.45, 7) is 2.29. The van der Waals surface area contributed by atoms with Gasteiger partial charge in [-0.2, -0.15) is 0 Å². The van der Waals surface area contributed by atoms with Crippen molar-refractivity contribution < 1.29 is 30.0 Å². The molecule has 0 saturated heterocycles. The van der Waals surface area contributed by atoms with Crippen molar-refractivity contribution in [2.75, 3.05) is 5.75 Å². The van der Waals surface area contributed by atoms with Crippen molar-refractivity contribution >= 4 is 47.8 Å². The number of halogens is 6. The van der Waals surface area contributed by atoms with Gasteiger partial charge in [-0.3, -0.25) is 4.79 Å². The predicted octanol–water partition coefficient (Wildman–Crippen LogP) is 15.0. The Balaban J connectivity index is 0.000000838. The molecule has 0 radical (unpaired) electrons. The molecule has 0 fully saturated rings. The zero-order chi connectivity index (χ0) is 35.8. The third kappa shape index (κ3) is 15.9. The van der Waals surface area contributed by atoms with Gasteiger partial charge in [-0.25, -0.2) is 0 Å². The number of hydrogen-bond donors (Lipinski definition) is 0. The first-order valence-electron chi connectivity index (χ1n) is 17.9. The molecule has 0 spiro atoms. The fraction of sp³-hybridized carbons (Fsp3) is 0.475. The molecule has 0 aromatic heterocycles. The van der Waals surface area contributed by atoms with Crippen molar-refractivity contribution in [1.29, 1.82) is 0 Å². The van der Waals surface area contributed by atoms with E-state index in [4.69, 9.17) is 0 Å². The molecule has 4 aromatic carbocycles. The maximum absolute atomic E-state index is 13.1. The van der Waals surface area contributed by atoms with Crippen LogP contribution in [0.1, 0.15) is 137 Å². The van der Waals surface area contributed by atoms with Crippen LogP contribution < -0.4 is 0 Å². The zero-order valence-corrected chi connectivity index (χ0v) is 30.6. The molecule has 0 aliphatic rings. The van der Waals surface area contributed by atoms with Crippen LogP contribution in [0.5, 0.6) is 0 Å². The Morgan fingerprint density at radius 2 is 0.980 bits per heavy atom. The van der Waals surface area contributed by atoms with E-state index in [1.165, 1.54) is 129 Å². The topological polar surface area (TPSA) is 17.1 Å². The molecule has 0 heterocycles. The molecular weight excluding hydrogens is 673 g/mol. The standard InChI is InChI=1S/C40H52OS.F6P/c1-2-3-4-5-6-7-8-9-10-11-12-13-14-15-16-29-38(36-27-21-22-28-37(36)39(41)31-42)40-34-25-19-17-23-32(34)30-33-24-18-20-26-35(33)40;1-7(2,3,4,5)6/h17-28,30,38,42H,2-16,29,31H2,1H3;/q;-1/p+1. The SMILES string of the molecule is CCCCCCCCCCCCCCCCCC(c1ccccc1C(=O)C[SH2+])c1c2ccccc2cc2ccccc12.F[P-](F)(F)(F)(F)F. The minimum absolute atomic E-state index is 0.160. The van der Waals surface area contributed by atoms with E-state index in [-0.39, 0.29) is 11.7 Å². The molecule has 0 amide bonds. The quantitative estimate of drug-likeness (QED) is 0.0221. The summed E-state index contributed by atoms with van der Waals surface area (Å²) in [4.78, 5) is 13.1. The normalized spacial score (nSPS) is 13.8. The van der Waals surface area contributed by atoms with Crippen LogP contribution in [0.25, 0.3) is 21.5 Å². The van der Waals surface area contributed by atoms with Crippen LogP contribution in [0.3, 0.4) is 0 Å². The Kier molecular flexibility index (Phi) is 15.5. The monoisotopic (exact) mass is 726 g/mol. The van der Waals surface area contributed by atoms with Crippen LogP contribution in [-0.2, 0) is 12.6 Å². The minimum atomic E-state index is -10.7. The number of unbranched alkanes of at least 4 members (excludes halogenated alkanes) is 14. The second-order valence-corrected chi connectivity index (χ2v) is 15.4. The number of fused-ring (bicyclic) bond motifs is 2. The summed E-state index contributed by atoms with van der Waals surface area (Å²) in [7, 11) is -10.7. The Morgan fingerprint density at radius 3 is 1.43 bits per heavy atom. The Bertz CT molecular complexity index is 1540. The van der Waals surface area contributed by atoms with Crippen molar-refractivity contribution in [3.8, 4) is 0 Å². The molecule has 272 valence electrons. The number of carbonyl (C=O) groups is 1. The molecule has 0 N–H and O–H groups in total. The third-order valence-electron chi connectivity index (χ3n) is 9.05. The van der Waals surface area contributed by atoms with Crippen LogP contribution >= 0.6 is 7.81 Å². The Morgan fingerprint density at radius 1 is 0.592 bits per heavy atom. The van der Waals surface area contributed by atoms with Gasteiger partial charge in [-0.05, 0) is 57.8 Å². The number of Topliss-reactive ketones (excluding diaryl/α,β-unsaturated/α-hetero) is 1. The number of rotatable bonds is 20. The summed E-state index contributed by atoms with van der Waals surface area (Å²) in [6.07, 6.45) is 21.6. The van der Waals surface area contributed by atoms with Crippen molar-refractivity contribution in [3.05, 3.63) is 95.6 Å². The summed E-state index contributed by atoms with van der Waals surface area (Å²) in [6, 6.07) is 28.2. The summed E-state index contributed by atoms with van der Waals surface area (Å²) in [5, 5.41) is 5.17. The average molecular weight is 727 g/mol. The molecule has 0 bridgehead atoms. The van der Waals surface area contributed by atoms with E-state index in [9.17, 15) is 30.0 Å². The number of benzene rings is 4. The van der Waals surface area contributed by atoms with Crippen LogP contribution in [-0.4, -0.2) is 11.5 Å². The van der Waals surface area contributed by atoms with Crippen molar-refractivity contribution in [2.24, 2.45) is 0 Å². The maximum atomic E-state index is 13.1. The van der Waals surface area contributed by atoms with Crippen molar-refractivity contribution in [3.63, 3.8) is 0 Å². The van der Waals surface area contributed by atoms with Crippen LogP contribution in [0.4, 0.5) is 25.2 Å². The number of ketones is 1. The molecule has 1 unspecified atom stereocenters. The molecule has 49 heavy (non-hydrogen) atoms. The Hall–Kier alpha value is -2.57. The fourth-order valence-electron chi connectivity index (χ4n) is 6.75. The van der Waals surface area contributed by atoms with E-state index >= 15 is 0 Å². The molecule has 1 atom stereocenters. The van der Waals surface area contributed by atoms with Gasteiger partial charge in [0.2, 0.25) is 5.78 Å². The van der Waals surface area contributed by atoms with E-state index in [2.05, 4.69) is 86.3 Å². The van der Waals surface area contributed by atoms with Gasteiger partial charge in [0.25, 0.3) is 0 Å². The van der Waals surface area contributed by atoms with E-state index in [0.717, 1.165) is 12.0 Å². The molecular formula is C40H53F6OPS. The van der Waals surface area contributed by atoms with Gasteiger partial charge in [0.1, 0.15) is 0 Å². The van der Waals surface area contributed by atoms with Crippen LogP contribution in [0.15, 0.2) is 78.9 Å². The second kappa shape index (κ2) is 18.6. The van der Waals surface area contributed by atoms with Crippen molar-refractivity contribution in [1.82, 2.24) is 0 Å². The van der Waals surface area contributed by atoms with Crippen LogP contribution in [0, 0.1) is 0 Å². The van der Waals surface area contributed by atoms with Gasteiger partial charge in [-0.1, -0.05) is 176 Å². The van der Waals surface area contributed by atoms with Crippen molar-refractivity contribution in [2.45, 2.75) is 116 Å². The predicted molar refractivity (Wildman–Crippen MR) is 202 cm³/mol. The van der Waals surface area contributed by atoms with E-state index in [1.807, 2.05) is 12.1 Å². The van der Waals surface area contributed by atoms with Crippen LogP contribution in [0.2, 0.25) is 0 Å². The van der Waals surface area contributed by atoms with Gasteiger partial charge < -0.3 is 0 Å². The molecule has 4 aromatic rings. The summed E-state index contributed by atoms with van der Waals surface area (Å²) >= 11 is 3.50. The molecule has 0 aliphatic carbocycles. The zero-order valence-electron chi connectivity index (χ0n) is 28.7. The summed E-state index contributed by atoms with van der Waals surface area (Å²) < 4.78 is 59.2. The van der Waals surface area contributed by atoms with E-state index in [0.29, 0.717) is 5.75 Å². The van der Waals surface area contributed by atoms with Gasteiger partial charge >= 0.3 is 33.0 Å². The number of carbonyl (C=O) groups excluding carboxylic acids is 1. The molecule has 1 nitrogen and oxygen atoms in total. The Labute approximate surface area is 293 Å². The first-order valence-corrected chi connectivity index (χ1v) is 20.7. The average Bonchev–Trinajstić information content (AvgIpc) is 3.05. The molecule has 4 rings (SSSR count). The summed E-state index contributed by atoms with van der Waals surface area (Å²) in [5.41, 5.74) is 3.41. The van der Waals surface area contributed by atoms with Gasteiger partial charge in [0, 0.05) is 11.5 Å². The van der Waals surface area contributed by atoms with E-state index in [1.54, 1.807) is 0 Å². The van der Waals surface area contributed by atoms with Gasteiger partial charge in [0.15, 0.2) is 5.75 Å². The fourth-order valence-corrected chi connectivity index (χ4v) is 6.94.